The van der Waals surface area contributed by atoms with Gasteiger partial charge in [-0.05, 0) is 12.8 Å². The van der Waals surface area contributed by atoms with Gasteiger partial charge in [0.05, 0.1) is 0 Å². The lowest BCUT2D eigenvalue weighted by atomic mass is 9.64. The van der Waals surface area contributed by atoms with Crippen LogP contribution in [-0.4, -0.2) is 23.9 Å². The molecule has 0 radical (unpaired) electrons. The van der Waals surface area contributed by atoms with Crippen molar-refractivity contribution in [1.82, 2.24) is 9.80 Å². The Kier molecular flexibility index (Phi) is 2.22. The molecule has 2 spiro atoms. The van der Waals surface area contributed by atoms with Crippen molar-refractivity contribution in [3.05, 3.63) is 49.1 Å². The van der Waals surface area contributed by atoms with Gasteiger partial charge in [-0.2, -0.15) is 0 Å². The Morgan fingerprint density at radius 3 is 1.41 bits per heavy atom. The number of fused-ring (bicyclic) bond motifs is 1. The third-order valence-electron chi connectivity index (χ3n) is 4.48. The molecule has 3 aliphatic rings. The highest BCUT2D eigenvalue weighted by Gasteiger charge is 2.50. The summed E-state index contributed by atoms with van der Waals surface area (Å²) in [6, 6.07) is 0. The lowest BCUT2D eigenvalue weighted by Gasteiger charge is -2.42. The molecule has 2 heteroatoms. The minimum atomic E-state index is 0.202. The van der Waals surface area contributed by atoms with E-state index in [0.29, 0.717) is 0 Å². The van der Waals surface area contributed by atoms with Crippen molar-refractivity contribution in [3.63, 3.8) is 0 Å². The lowest BCUT2D eigenvalue weighted by molar-refractivity contribution is 0.290. The van der Waals surface area contributed by atoms with Crippen LogP contribution in [0, 0.1) is 10.8 Å². The first-order valence-corrected chi connectivity index (χ1v) is 6.37. The monoisotopic (exact) mass is 228 g/mol. The molecule has 17 heavy (non-hydrogen) atoms. The molecule has 2 nitrogen and oxygen atoms in total. The normalized spacial score (nSPS) is 27.6. The highest BCUT2D eigenvalue weighted by molar-refractivity contribution is 5.34. The predicted octanol–water partition coefficient (Wildman–Crippen LogP) is 3.09. The first-order chi connectivity index (χ1) is 8.16. The Bertz CT molecular complexity index is 360. The van der Waals surface area contributed by atoms with Crippen molar-refractivity contribution in [2.45, 2.75) is 19.3 Å². The minimum absolute atomic E-state index is 0.202. The summed E-state index contributed by atoms with van der Waals surface area (Å²) in [6.07, 6.45) is 22.2. The van der Waals surface area contributed by atoms with Crippen LogP contribution >= 0.6 is 0 Å². The van der Waals surface area contributed by atoms with Gasteiger partial charge in [0, 0.05) is 49.7 Å². The second-order valence-corrected chi connectivity index (χ2v) is 5.53. The van der Waals surface area contributed by atoms with E-state index in [9.17, 15) is 0 Å². The molecule has 0 bridgehead atoms. The van der Waals surface area contributed by atoms with Gasteiger partial charge in [-0.25, -0.2) is 0 Å². The summed E-state index contributed by atoms with van der Waals surface area (Å²) < 4.78 is 0. The smallest absolute Gasteiger partial charge is 0.0222 e. The Balaban J connectivity index is 2.01. The molecule has 0 aromatic rings. The summed E-state index contributed by atoms with van der Waals surface area (Å²) in [5.41, 5.74) is 0.404. The summed E-state index contributed by atoms with van der Waals surface area (Å²) in [7, 11) is 4.17. The van der Waals surface area contributed by atoms with Crippen LogP contribution in [0.1, 0.15) is 19.3 Å². The first-order valence-electron chi connectivity index (χ1n) is 6.37. The van der Waals surface area contributed by atoms with E-state index in [2.05, 4.69) is 73.0 Å². The molecule has 0 aromatic carbocycles. The molecule has 0 saturated heterocycles. The van der Waals surface area contributed by atoms with Gasteiger partial charge < -0.3 is 9.80 Å². The quantitative estimate of drug-likeness (QED) is 0.628. The van der Waals surface area contributed by atoms with E-state index in [1.807, 2.05) is 0 Å². The standard InChI is InChI=1S/C15H20N2/c1-16-10-6-14(7-11-16)4-3-5-15(14)8-12-17(2)13-9-15/h6-13H,3-5H2,1-2H3. The van der Waals surface area contributed by atoms with E-state index >= 15 is 0 Å². The van der Waals surface area contributed by atoms with Gasteiger partial charge in [-0.3, -0.25) is 0 Å². The summed E-state index contributed by atoms with van der Waals surface area (Å²) in [5.74, 6) is 0. The predicted molar refractivity (Wildman–Crippen MR) is 70.8 cm³/mol. The molecule has 3 rings (SSSR count). The molecule has 1 fully saturated rings. The molecule has 0 N–H and O–H groups in total. The first kappa shape index (κ1) is 10.7. The van der Waals surface area contributed by atoms with Crippen LogP contribution in [0.25, 0.3) is 0 Å². The Morgan fingerprint density at radius 1 is 0.706 bits per heavy atom. The van der Waals surface area contributed by atoms with Gasteiger partial charge in [0.2, 0.25) is 0 Å². The third-order valence-corrected chi connectivity index (χ3v) is 4.48. The average molecular weight is 228 g/mol. The average Bonchev–Trinajstić information content (AvgIpc) is 2.67. The molecule has 0 unspecified atom stereocenters. The molecular formula is C15H20N2. The van der Waals surface area contributed by atoms with Crippen molar-refractivity contribution in [3.8, 4) is 0 Å². The largest absolute Gasteiger partial charge is 0.358 e. The number of nitrogens with zero attached hydrogens (tertiary/aromatic N) is 2. The number of allylic oxidation sites excluding steroid dienone is 4. The molecule has 2 heterocycles. The van der Waals surface area contributed by atoms with E-state index in [-0.39, 0.29) is 10.8 Å². The third kappa shape index (κ3) is 1.47. The van der Waals surface area contributed by atoms with E-state index in [0.717, 1.165) is 0 Å². The van der Waals surface area contributed by atoms with Crippen LogP contribution in [0.15, 0.2) is 49.1 Å². The van der Waals surface area contributed by atoms with Gasteiger partial charge in [-0.15, -0.1) is 0 Å². The van der Waals surface area contributed by atoms with Crippen molar-refractivity contribution in [2.24, 2.45) is 10.8 Å². The zero-order chi connectivity index (χ0) is 11.9. The van der Waals surface area contributed by atoms with E-state index in [1.165, 1.54) is 19.3 Å². The fourth-order valence-electron chi connectivity index (χ4n) is 3.31. The molecule has 0 aromatic heterocycles. The van der Waals surface area contributed by atoms with Gasteiger partial charge in [0.15, 0.2) is 0 Å². The fourth-order valence-corrected chi connectivity index (χ4v) is 3.31. The molecule has 0 atom stereocenters. The Labute approximate surface area is 104 Å². The van der Waals surface area contributed by atoms with Gasteiger partial charge in [0.25, 0.3) is 0 Å². The zero-order valence-electron chi connectivity index (χ0n) is 10.6. The highest BCUT2D eigenvalue weighted by atomic mass is 15.1. The van der Waals surface area contributed by atoms with Crippen molar-refractivity contribution in [2.75, 3.05) is 14.1 Å². The van der Waals surface area contributed by atoms with Crippen LogP contribution in [0.4, 0.5) is 0 Å². The van der Waals surface area contributed by atoms with Crippen molar-refractivity contribution in [1.29, 1.82) is 0 Å². The van der Waals surface area contributed by atoms with Crippen LogP contribution in [-0.2, 0) is 0 Å². The molecule has 0 amide bonds. The van der Waals surface area contributed by atoms with Crippen LogP contribution in [0.5, 0.6) is 0 Å². The van der Waals surface area contributed by atoms with Crippen LogP contribution in [0.2, 0.25) is 0 Å². The van der Waals surface area contributed by atoms with Crippen molar-refractivity contribution >= 4 is 0 Å². The molecule has 2 aliphatic heterocycles. The van der Waals surface area contributed by atoms with Crippen molar-refractivity contribution < 1.29 is 0 Å². The zero-order valence-corrected chi connectivity index (χ0v) is 10.6. The fraction of sp³-hybridized carbons (Fsp3) is 0.467. The Morgan fingerprint density at radius 2 is 1.06 bits per heavy atom. The van der Waals surface area contributed by atoms with Crippen LogP contribution in [0.3, 0.4) is 0 Å². The number of hydrogen-bond donors (Lipinski definition) is 0. The van der Waals surface area contributed by atoms with E-state index in [4.69, 9.17) is 0 Å². The van der Waals surface area contributed by atoms with Crippen LogP contribution < -0.4 is 0 Å². The maximum Gasteiger partial charge on any atom is 0.0222 e. The van der Waals surface area contributed by atoms with E-state index < -0.39 is 0 Å². The second-order valence-electron chi connectivity index (χ2n) is 5.53. The minimum Gasteiger partial charge on any atom is -0.358 e. The SMILES string of the molecule is CN1C=CC2(C=C1)CCCC21C=CN(C)C=C1. The maximum absolute atomic E-state index is 2.39. The molecule has 1 aliphatic carbocycles. The number of hydrogen-bond acceptors (Lipinski definition) is 2. The molecule has 90 valence electrons. The summed E-state index contributed by atoms with van der Waals surface area (Å²) in [5, 5.41) is 0. The van der Waals surface area contributed by atoms with Gasteiger partial charge in [0.1, 0.15) is 0 Å². The molecule has 1 saturated carbocycles. The number of rotatable bonds is 0. The summed E-state index contributed by atoms with van der Waals surface area (Å²) >= 11 is 0. The summed E-state index contributed by atoms with van der Waals surface area (Å²) in [4.78, 5) is 4.25. The lowest BCUT2D eigenvalue weighted by Crippen LogP contribution is -2.35. The molecular weight excluding hydrogens is 208 g/mol. The Hall–Kier alpha value is -1.44. The highest BCUT2D eigenvalue weighted by Crippen LogP contribution is 2.58. The van der Waals surface area contributed by atoms with Gasteiger partial charge in [-0.1, -0.05) is 30.7 Å². The summed E-state index contributed by atoms with van der Waals surface area (Å²) in [6.45, 7) is 0. The van der Waals surface area contributed by atoms with Gasteiger partial charge >= 0.3 is 0 Å². The van der Waals surface area contributed by atoms with E-state index in [1.54, 1.807) is 0 Å². The second kappa shape index (κ2) is 3.52. The maximum atomic E-state index is 2.39. The topological polar surface area (TPSA) is 6.48 Å².